The van der Waals surface area contributed by atoms with Crippen molar-refractivity contribution in [1.29, 1.82) is 0 Å². The highest BCUT2D eigenvalue weighted by atomic mass is 32.2. The minimum atomic E-state index is -3.23. The maximum atomic E-state index is 14.4. The average Bonchev–Trinajstić information content (AvgIpc) is 3.21. The smallest absolute Gasteiger partial charge is 0.175 e. The van der Waals surface area contributed by atoms with Gasteiger partial charge in [-0.05, 0) is 35.9 Å². The molecule has 1 fully saturated rings. The molecule has 0 spiro atoms. The zero-order valence-corrected chi connectivity index (χ0v) is 16.6. The molecule has 29 heavy (non-hydrogen) atoms. The Bertz CT molecular complexity index is 1120. The largest absolute Gasteiger partial charge is 0.366 e. The summed E-state index contributed by atoms with van der Waals surface area (Å²) in [7, 11) is -3.23. The summed E-state index contributed by atoms with van der Waals surface area (Å²) in [5.74, 6) is 0.168. The first-order chi connectivity index (χ1) is 13.8. The van der Waals surface area contributed by atoms with E-state index in [-0.39, 0.29) is 23.9 Å². The summed E-state index contributed by atoms with van der Waals surface area (Å²) < 4.78 is 56.4. The number of fused-ring (bicyclic) bond motifs is 1. The Morgan fingerprint density at radius 2 is 1.97 bits per heavy atom. The molecule has 1 aromatic heterocycles. The van der Waals surface area contributed by atoms with E-state index in [4.69, 9.17) is 4.74 Å². The number of aromatic amines is 1. The molecule has 1 aliphatic rings. The highest BCUT2D eigenvalue weighted by molar-refractivity contribution is 7.90. The first-order valence-corrected chi connectivity index (χ1v) is 11.1. The zero-order chi connectivity index (χ0) is 20.6. The topological polar surface area (TPSA) is 75.3 Å². The van der Waals surface area contributed by atoms with Crippen molar-refractivity contribution < 1.29 is 21.9 Å². The van der Waals surface area contributed by atoms with E-state index in [0.29, 0.717) is 29.9 Å². The van der Waals surface area contributed by atoms with Crippen LogP contribution in [0.5, 0.6) is 0 Å². The number of rotatable bonds is 6. The fourth-order valence-electron chi connectivity index (χ4n) is 3.48. The number of halogens is 2. The molecule has 0 aliphatic carbocycles. The molecule has 1 saturated heterocycles. The predicted molar refractivity (Wildman–Crippen MR) is 104 cm³/mol. The van der Waals surface area contributed by atoms with Crippen molar-refractivity contribution >= 4 is 20.9 Å². The molecule has 4 rings (SSSR count). The number of nitrogens with one attached hydrogen (secondary N) is 1. The zero-order valence-electron chi connectivity index (χ0n) is 15.8. The van der Waals surface area contributed by atoms with Gasteiger partial charge in [0, 0.05) is 25.9 Å². The minimum absolute atomic E-state index is 0.109. The third-order valence-corrected chi connectivity index (χ3v) is 6.09. The Kier molecular flexibility index (Phi) is 5.37. The van der Waals surface area contributed by atoms with Crippen molar-refractivity contribution in [2.24, 2.45) is 0 Å². The summed E-state index contributed by atoms with van der Waals surface area (Å²) >= 11 is 0. The van der Waals surface area contributed by atoms with Crippen LogP contribution in [0.15, 0.2) is 47.4 Å². The van der Waals surface area contributed by atoms with Crippen LogP contribution in [0.4, 0.5) is 8.78 Å². The van der Waals surface area contributed by atoms with E-state index in [1.807, 2.05) is 4.90 Å². The van der Waals surface area contributed by atoms with Gasteiger partial charge < -0.3 is 9.72 Å². The number of benzene rings is 2. The van der Waals surface area contributed by atoms with Gasteiger partial charge in [0.2, 0.25) is 0 Å². The number of sulfone groups is 1. The van der Waals surface area contributed by atoms with Crippen molar-refractivity contribution in [3.8, 4) is 0 Å². The average molecular weight is 421 g/mol. The van der Waals surface area contributed by atoms with Crippen molar-refractivity contribution in [3.63, 3.8) is 0 Å². The van der Waals surface area contributed by atoms with Crippen LogP contribution in [0.3, 0.4) is 0 Å². The number of nitrogens with zero attached hydrogens (tertiary/aromatic N) is 2. The minimum Gasteiger partial charge on any atom is -0.366 e. The van der Waals surface area contributed by atoms with Crippen LogP contribution in [-0.4, -0.2) is 54.9 Å². The maximum Gasteiger partial charge on any atom is 0.175 e. The van der Waals surface area contributed by atoms with Gasteiger partial charge in [0.05, 0.1) is 15.9 Å². The van der Waals surface area contributed by atoms with Crippen LogP contribution in [-0.2, 0) is 27.7 Å². The van der Waals surface area contributed by atoms with Gasteiger partial charge in [0.1, 0.15) is 30.5 Å². The highest BCUT2D eigenvalue weighted by Crippen LogP contribution is 2.21. The summed E-state index contributed by atoms with van der Waals surface area (Å²) in [6.07, 6.45) is -0.557. The first kappa shape index (κ1) is 19.9. The van der Waals surface area contributed by atoms with Crippen molar-refractivity contribution in [2.75, 3.05) is 19.3 Å². The fraction of sp³-hybridized carbons (Fsp3) is 0.350. The molecule has 1 N–H and O–H groups in total. The Labute approximate surface area is 167 Å². The van der Waals surface area contributed by atoms with Crippen molar-refractivity contribution in [3.05, 3.63) is 59.7 Å². The van der Waals surface area contributed by atoms with Gasteiger partial charge in [-0.2, -0.15) is 0 Å². The fourth-order valence-corrected chi connectivity index (χ4v) is 4.11. The van der Waals surface area contributed by atoms with E-state index < -0.39 is 22.1 Å². The van der Waals surface area contributed by atoms with Crippen LogP contribution in [0.25, 0.3) is 11.0 Å². The molecule has 2 heterocycles. The lowest BCUT2D eigenvalue weighted by Crippen LogP contribution is -2.24. The van der Waals surface area contributed by atoms with E-state index in [1.165, 1.54) is 12.1 Å². The van der Waals surface area contributed by atoms with Crippen LogP contribution < -0.4 is 0 Å². The third-order valence-electron chi connectivity index (χ3n) is 4.96. The van der Waals surface area contributed by atoms with Crippen molar-refractivity contribution in [2.45, 2.75) is 30.3 Å². The molecule has 2 atom stereocenters. The summed E-state index contributed by atoms with van der Waals surface area (Å²) in [4.78, 5) is 9.50. The molecule has 6 nitrogen and oxygen atoms in total. The molecule has 9 heteroatoms. The Hall–Kier alpha value is -2.36. The van der Waals surface area contributed by atoms with Gasteiger partial charge in [0.25, 0.3) is 0 Å². The number of H-pyrrole nitrogens is 1. The lowest BCUT2D eigenvalue weighted by molar-refractivity contribution is 0.00863. The molecule has 0 bridgehead atoms. The molecule has 0 unspecified atom stereocenters. The second-order valence-corrected chi connectivity index (χ2v) is 9.34. The van der Waals surface area contributed by atoms with Crippen LogP contribution in [0.1, 0.15) is 11.4 Å². The molecule has 0 amide bonds. The van der Waals surface area contributed by atoms with Gasteiger partial charge in [0.15, 0.2) is 9.84 Å². The number of aromatic nitrogens is 2. The van der Waals surface area contributed by atoms with Gasteiger partial charge >= 0.3 is 0 Å². The Balaban J connectivity index is 1.34. The quantitative estimate of drug-likeness (QED) is 0.663. The molecule has 154 valence electrons. The van der Waals surface area contributed by atoms with Gasteiger partial charge in [-0.25, -0.2) is 22.2 Å². The van der Waals surface area contributed by atoms with Crippen molar-refractivity contribution in [1.82, 2.24) is 14.9 Å². The van der Waals surface area contributed by atoms with Gasteiger partial charge in [-0.3, -0.25) is 4.90 Å². The lowest BCUT2D eigenvalue weighted by Gasteiger charge is -2.16. The number of ether oxygens (including phenoxy) is 1. The summed E-state index contributed by atoms with van der Waals surface area (Å²) in [5.41, 5.74) is 2.11. The molecular formula is C20H21F2N3O3S. The summed E-state index contributed by atoms with van der Waals surface area (Å²) in [6.45, 7) is 1.28. The molecule has 2 aromatic carbocycles. The van der Waals surface area contributed by atoms with Crippen LogP contribution >= 0.6 is 0 Å². The number of imidazole rings is 1. The molecule has 0 saturated carbocycles. The third kappa shape index (κ3) is 4.63. The summed E-state index contributed by atoms with van der Waals surface area (Å²) in [6, 6.07) is 10.9. The summed E-state index contributed by atoms with van der Waals surface area (Å²) in [5, 5.41) is 0. The molecular weight excluding hydrogens is 400 g/mol. The number of hydrogen-bond donors (Lipinski definition) is 1. The molecule has 3 aromatic rings. The SMILES string of the molecule is CS(=O)(=O)c1ccc(CN2C[C@@H](F)[C@@H](OCc3nc4ccc(F)cc4[nH]3)C2)cc1. The Morgan fingerprint density at radius 1 is 1.21 bits per heavy atom. The predicted octanol–water partition coefficient (Wildman–Crippen LogP) is 2.84. The van der Waals surface area contributed by atoms with Crippen LogP contribution in [0, 0.1) is 5.82 Å². The van der Waals surface area contributed by atoms with Gasteiger partial charge in [-0.15, -0.1) is 0 Å². The Morgan fingerprint density at radius 3 is 2.69 bits per heavy atom. The van der Waals surface area contributed by atoms with E-state index >= 15 is 0 Å². The maximum absolute atomic E-state index is 14.4. The van der Waals surface area contributed by atoms with E-state index in [2.05, 4.69) is 9.97 Å². The molecule has 0 radical (unpaired) electrons. The number of likely N-dealkylation sites (tertiary alicyclic amines) is 1. The highest BCUT2D eigenvalue weighted by Gasteiger charge is 2.33. The number of alkyl halides is 1. The monoisotopic (exact) mass is 421 g/mol. The lowest BCUT2D eigenvalue weighted by atomic mass is 10.2. The van der Waals surface area contributed by atoms with E-state index in [0.717, 1.165) is 11.8 Å². The van der Waals surface area contributed by atoms with E-state index in [1.54, 1.807) is 30.3 Å². The molecule has 1 aliphatic heterocycles. The van der Waals surface area contributed by atoms with Crippen LogP contribution in [0.2, 0.25) is 0 Å². The standard InChI is InChI=1S/C20H21F2N3O3S/c1-29(26,27)15-5-2-13(3-6-15)9-25-10-16(22)19(11-25)28-12-20-23-17-7-4-14(21)8-18(17)24-20/h2-8,16,19H,9-12H2,1H3,(H,23,24)/t16-,19+/m1/s1. The number of hydrogen-bond acceptors (Lipinski definition) is 5. The van der Waals surface area contributed by atoms with E-state index in [9.17, 15) is 17.2 Å². The second-order valence-electron chi connectivity index (χ2n) is 7.32. The first-order valence-electron chi connectivity index (χ1n) is 9.19. The van der Waals surface area contributed by atoms with Gasteiger partial charge in [-0.1, -0.05) is 12.1 Å². The second kappa shape index (κ2) is 7.81. The normalized spacial score (nSPS) is 20.5.